The Balaban J connectivity index is 2.39. The van der Waals surface area contributed by atoms with Gasteiger partial charge in [-0.05, 0) is 11.5 Å². The molecule has 1 aliphatic rings. The van der Waals surface area contributed by atoms with Crippen LogP contribution in [0.15, 0.2) is 23.8 Å². The lowest BCUT2D eigenvalue weighted by Crippen LogP contribution is -1.63. The lowest BCUT2D eigenvalue weighted by molar-refractivity contribution is 0.380. The summed E-state index contributed by atoms with van der Waals surface area (Å²) in [6.07, 6.45) is 5.40. The van der Waals surface area contributed by atoms with Crippen LogP contribution in [0.4, 0.5) is 0 Å². The second-order valence-electron chi connectivity index (χ2n) is 1.03. The average molecular weight is 113 g/mol. The number of rotatable bonds is 0. The number of hydrogen-bond donors (Lipinski definition) is 0. The molecule has 0 fully saturated rings. The van der Waals surface area contributed by atoms with Gasteiger partial charge in [-0.1, -0.05) is 17.8 Å². The molecule has 0 N–H and O–H groups in total. The third-order valence-electron chi connectivity index (χ3n) is 0.536. The third kappa shape index (κ3) is 1.69. The summed E-state index contributed by atoms with van der Waals surface area (Å²) in [4.78, 5) is 0. The number of thioether (sulfide) groups is 1. The second kappa shape index (κ2) is 2.75. The van der Waals surface area contributed by atoms with Crippen LogP contribution in [0.1, 0.15) is 0 Å². The fourth-order valence-electron chi connectivity index (χ4n) is 0.278. The third-order valence-corrected chi connectivity index (χ3v) is 1.07. The Labute approximate surface area is 47.1 Å². The summed E-state index contributed by atoms with van der Waals surface area (Å²) in [5.41, 5.74) is 0. The van der Waals surface area contributed by atoms with Crippen molar-refractivity contribution in [3.05, 3.63) is 29.8 Å². The molecule has 1 heterocycles. The average Bonchev–Trinajstić information content (AvgIpc) is 1.90. The van der Waals surface area contributed by atoms with Gasteiger partial charge in [0.25, 0.3) is 0 Å². The highest BCUT2D eigenvalue weighted by Gasteiger charge is 1.81. The molecule has 1 radical (unpaired) electrons. The van der Waals surface area contributed by atoms with Gasteiger partial charge in [0, 0.05) is 0 Å². The van der Waals surface area contributed by atoms with Crippen LogP contribution in [0.25, 0.3) is 0 Å². The standard InChI is InChI=1S/C5H5OS/c1-2-4-7-5-6-3-1/h1-5H. The van der Waals surface area contributed by atoms with E-state index in [1.54, 1.807) is 12.2 Å². The summed E-state index contributed by atoms with van der Waals surface area (Å²) < 4.78 is 4.79. The predicted octanol–water partition coefficient (Wildman–Crippen LogP) is 1.90. The zero-order valence-electron chi connectivity index (χ0n) is 3.70. The Morgan fingerprint density at radius 3 is 3.29 bits per heavy atom. The van der Waals surface area contributed by atoms with Gasteiger partial charge in [0.2, 0.25) is 0 Å². The van der Waals surface area contributed by atoms with Gasteiger partial charge in [0.05, 0.1) is 6.26 Å². The lowest BCUT2D eigenvalue weighted by Gasteiger charge is -1.87. The molecule has 0 saturated carbocycles. The summed E-state index contributed by atoms with van der Waals surface area (Å²) in [7, 11) is 0. The van der Waals surface area contributed by atoms with Crippen molar-refractivity contribution < 1.29 is 4.74 Å². The van der Waals surface area contributed by atoms with Crippen LogP contribution >= 0.6 is 11.8 Å². The molecule has 0 saturated heterocycles. The molecule has 0 aliphatic carbocycles. The van der Waals surface area contributed by atoms with Crippen molar-refractivity contribution in [2.75, 3.05) is 0 Å². The molecule has 0 unspecified atom stereocenters. The molecular weight excluding hydrogens is 108 g/mol. The maximum atomic E-state index is 4.79. The highest BCUT2D eigenvalue weighted by molar-refractivity contribution is 8.03. The molecule has 7 heavy (non-hydrogen) atoms. The summed E-state index contributed by atoms with van der Waals surface area (Å²) in [6.45, 7) is 0. The van der Waals surface area contributed by atoms with Crippen molar-refractivity contribution >= 4 is 11.8 Å². The highest BCUT2D eigenvalue weighted by atomic mass is 32.2. The van der Waals surface area contributed by atoms with Crippen molar-refractivity contribution in [3.8, 4) is 0 Å². The molecule has 2 heteroatoms. The van der Waals surface area contributed by atoms with Gasteiger partial charge in [0.1, 0.15) is 0 Å². The van der Waals surface area contributed by atoms with E-state index in [0.717, 1.165) is 0 Å². The van der Waals surface area contributed by atoms with Gasteiger partial charge in [-0.25, -0.2) is 0 Å². The van der Waals surface area contributed by atoms with Gasteiger partial charge >= 0.3 is 0 Å². The molecule has 1 nitrogen and oxygen atoms in total. The largest absolute Gasteiger partial charge is 0.482 e. The number of hydrogen-bond acceptors (Lipinski definition) is 2. The fourth-order valence-corrected chi connectivity index (χ4v) is 0.652. The summed E-state index contributed by atoms with van der Waals surface area (Å²) in [5.74, 6) is 1.67. The zero-order valence-corrected chi connectivity index (χ0v) is 4.52. The fraction of sp³-hybridized carbons (Fsp3) is 0. The zero-order chi connectivity index (χ0) is 4.95. The predicted molar refractivity (Wildman–Crippen MR) is 31.3 cm³/mol. The van der Waals surface area contributed by atoms with Crippen LogP contribution in [0, 0.1) is 5.94 Å². The molecule has 0 atom stereocenters. The van der Waals surface area contributed by atoms with E-state index in [-0.39, 0.29) is 0 Å². The van der Waals surface area contributed by atoms with E-state index in [4.69, 9.17) is 4.74 Å². The second-order valence-corrected chi connectivity index (χ2v) is 1.76. The van der Waals surface area contributed by atoms with Crippen LogP contribution in [0.5, 0.6) is 0 Å². The Hall–Kier alpha value is -0.370. The molecule has 0 spiro atoms. The Morgan fingerprint density at radius 2 is 2.29 bits per heavy atom. The molecule has 1 rings (SSSR count). The van der Waals surface area contributed by atoms with Crippen LogP contribution in [-0.2, 0) is 4.74 Å². The Kier molecular flexibility index (Phi) is 1.88. The SMILES string of the molecule is [CH]1OC=CC=CS1. The van der Waals surface area contributed by atoms with Crippen LogP contribution in [0.3, 0.4) is 0 Å². The monoisotopic (exact) mass is 113 g/mol. The van der Waals surface area contributed by atoms with Crippen LogP contribution in [0.2, 0.25) is 0 Å². The normalized spacial score (nSPS) is 18.3. The van der Waals surface area contributed by atoms with E-state index in [1.807, 2.05) is 17.6 Å². The van der Waals surface area contributed by atoms with Crippen molar-refractivity contribution in [3.63, 3.8) is 0 Å². The minimum absolute atomic E-state index is 1.53. The van der Waals surface area contributed by atoms with Gasteiger partial charge in [-0.2, -0.15) is 0 Å². The molecule has 0 aromatic heterocycles. The molecule has 37 valence electrons. The molecule has 0 bridgehead atoms. The van der Waals surface area contributed by atoms with Crippen molar-refractivity contribution in [2.45, 2.75) is 0 Å². The summed E-state index contributed by atoms with van der Waals surface area (Å²) >= 11 is 1.53. The summed E-state index contributed by atoms with van der Waals surface area (Å²) in [6, 6.07) is 0. The highest BCUT2D eigenvalue weighted by Crippen LogP contribution is 2.10. The van der Waals surface area contributed by atoms with Gasteiger partial charge in [-0.3, -0.25) is 0 Å². The van der Waals surface area contributed by atoms with Crippen molar-refractivity contribution in [2.24, 2.45) is 0 Å². The maximum Gasteiger partial charge on any atom is 0.194 e. The van der Waals surface area contributed by atoms with Gasteiger partial charge in [0.15, 0.2) is 5.94 Å². The Morgan fingerprint density at radius 1 is 1.29 bits per heavy atom. The lowest BCUT2D eigenvalue weighted by atomic mass is 10.6. The topological polar surface area (TPSA) is 9.23 Å². The van der Waals surface area contributed by atoms with Crippen molar-refractivity contribution in [1.82, 2.24) is 0 Å². The van der Waals surface area contributed by atoms with Gasteiger partial charge in [-0.15, -0.1) is 0 Å². The van der Waals surface area contributed by atoms with E-state index >= 15 is 0 Å². The first kappa shape index (κ1) is 4.78. The van der Waals surface area contributed by atoms with Crippen molar-refractivity contribution in [1.29, 1.82) is 0 Å². The van der Waals surface area contributed by atoms with E-state index in [2.05, 4.69) is 0 Å². The van der Waals surface area contributed by atoms with E-state index in [1.165, 1.54) is 11.8 Å². The van der Waals surface area contributed by atoms with E-state index in [0.29, 0.717) is 0 Å². The van der Waals surface area contributed by atoms with Crippen LogP contribution in [-0.4, -0.2) is 0 Å². The summed E-state index contributed by atoms with van der Waals surface area (Å²) in [5, 5.41) is 1.95. The number of allylic oxidation sites excluding steroid dienone is 2. The number of ether oxygens (including phenoxy) is 1. The minimum atomic E-state index is 1.53. The van der Waals surface area contributed by atoms with Gasteiger partial charge < -0.3 is 4.74 Å². The molecule has 0 aromatic rings. The Bertz CT molecular complexity index is 84.3. The first-order chi connectivity index (χ1) is 3.50. The first-order valence-corrected chi connectivity index (χ1v) is 2.89. The maximum absolute atomic E-state index is 4.79. The van der Waals surface area contributed by atoms with E-state index < -0.39 is 0 Å². The molecular formula is C5H5OS. The smallest absolute Gasteiger partial charge is 0.194 e. The first-order valence-electron chi connectivity index (χ1n) is 1.94. The van der Waals surface area contributed by atoms with Crippen LogP contribution < -0.4 is 0 Å². The molecule has 0 aromatic carbocycles. The minimum Gasteiger partial charge on any atom is -0.482 e. The quantitative estimate of drug-likeness (QED) is 0.474. The molecule has 1 aliphatic heterocycles. The van der Waals surface area contributed by atoms with E-state index in [9.17, 15) is 0 Å². The molecule has 0 amide bonds.